The molecule has 5 nitrogen and oxygen atoms in total. The number of rotatable bonds is 5. The molecule has 0 saturated carbocycles. The van der Waals surface area contributed by atoms with Crippen molar-refractivity contribution in [2.45, 2.75) is 19.4 Å². The van der Waals surface area contributed by atoms with Gasteiger partial charge in [0.25, 0.3) is 5.91 Å². The van der Waals surface area contributed by atoms with Crippen LogP contribution in [-0.4, -0.2) is 36.3 Å². The van der Waals surface area contributed by atoms with E-state index in [9.17, 15) is 9.59 Å². The molecule has 1 aliphatic heterocycles. The summed E-state index contributed by atoms with van der Waals surface area (Å²) >= 11 is 0. The fourth-order valence-corrected chi connectivity index (χ4v) is 3.08. The Bertz CT molecular complexity index is 740. The molecular weight excluding hydrogens is 314 g/mol. The number of benzene rings is 2. The average molecular weight is 337 g/mol. The highest BCUT2D eigenvalue weighted by Gasteiger charge is 2.25. The maximum Gasteiger partial charge on any atom is 0.258 e. The van der Waals surface area contributed by atoms with Crippen LogP contribution in [-0.2, 0) is 11.3 Å². The summed E-state index contributed by atoms with van der Waals surface area (Å²) < 4.78 is 0. The number of hydrogen-bond acceptors (Lipinski definition) is 3. The average Bonchev–Trinajstić information content (AvgIpc) is 3.21. The minimum Gasteiger partial charge on any atom is -0.341 e. The third kappa shape index (κ3) is 4.06. The molecule has 0 radical (unpaired) electrons. The molecule has 1 aliphatic rings. The largest absolute Gasteiger partial charge is 0.341 e. The number of nitrogens with zero attached hydrogens (tertiary/aromatic N) is 2. The SMILES string of the molecule is NCc1cccc(C(=O)N(CC(=O)N2CCCC2)c2ccccc2)c1. The van der Waals surface area contributed by atoms with E-state index in [2.05, 4.69) is 0 Å². The van der Waals surface area contributed by atoms with Gasteiger partial charge in [-0.3, -0.25) is 14.5 Å². The number of amides is 2. The molecule has 25 heavy (non-hydrogen) atoms. The predicted molar refractivity (Wildman–Crippen MR) is 98.3 cm³/mol. The molecule has 0 aromatic heterocycles. The highest BCUT2D eigenvalue weighted by Crippen LogP contribution is 2.19. The normalized spacial score (nSPS) is 13.7. The van der Waals surface area contributed by atoms with Gasteiger partial charge in [0.2, 0.25) is 5.91 Å². The molecule has 0 bridgehead atoms. The Kier molecular flexibility index (Phi) is 5.46. The van der Waals surface area contributed by atoms with Gasteiger partial charge in [0.05, 0.1) is 0 Å². The first-order valence-electron chi connectivity index (χ1n) is 8.63. The summed E-state index contributed by atoms with van der Waals surface area (Å²) in [7, 11) is 0. The Morgan fingerprint density at radius 2 is 1.72 bits per heavy atom. The number of para-hydroxylation sites is 1. The summed E-state index contributed by atoms with van der Waals surface area (Å²) in [4.78, 5) is 29.1. The lowest BCUT2D eigenvalue weighted by molar-refractivity contribution is -0.128. The van der Waals surface area contributed by atoms with Crippen molar-refractivity contribution < 1.29 is 9.59 Å². The molecular formula is C20H23N3O2. The molecule has 0 spiro atoms. The second-order valence-electron chi connectivity index (χ2n) is 6.22. The zero-order chi connectivity index (χ0) is 17.6. The van der Waals surface area contributed by atoms with Crippen LogP contribution in [0.25, 0.3) is 0 Å². The monoisotopic (exact) mass is 337 g/mol. The zero-order valence-corrected chi connectivity index (χ0v) is 14.2. The van der Waals surface area contributed by atoms with Gasteiger partial charge < -0.3 is 10.6 Å². The fraction of sp³-hybridized carbons (Fsp3) is 0.300. The fourth-order valence-electron chi connectivity index (χ4n) is 3.08. The Hall–Kier alpha value is -2.66. The van der Waals surface area contributed by atoms with Crippen LogP contribution in [0.1, 0.15) is 28.8 Å². The maximum atomic E-state index is 13.1. The van der Waals surface area contributed by atoms with Gasteiger partial charge in [-0.2, -0.15) is 0 Å². The van der Waals surface area contributed by atoms with Crippen molar-refractivity contribution in [2.75, 3.05) is 24.5 Å². The number of nitrogens with two attached hydrogens (primary N) is 1. The lowest BCUT2D eigenvalue weighted by atomic mass is 10.1. The van der Waals surface area contributed by atoms with Crippen LogP contribution in [0, 0.1) is 0 Å². The van der Waals surface area contributed by atoms with Crippen molar-refractivity contribution in [1.82, 2.24) is 4.90 Å². The van der Waals surface area contributed by atoms with Gasteiger partial charge in [0.1, 0.15) is 6.54 Å². The number of likely N-dealkylation sites (tertiary alicyclic amines) is 1. The summed E-state index contributed by atoms with van der Waals surface area (Å²) in [6.45, 7) is 1.98. The maximum absolute atomic E-state index is 13.1. The Morgan fingerprint density at radius 1 is 1.00 bits per heavy atom. The van der Waals surface area contributed by atoms with E-state index in [1.807, 2.05) is 47.4 Å². The second-order valence-corrected chi connectivity index (χ2v) is 6.22. The van der Waals surface area contributed by atoms with Gasteiger partial charge in [-0.1, -0.05) is 30.3 Å². The van der Waals surface area contributed by atoms with Crippen LogP contribution < -0.4 is 10.6 Å². The van der Waals surface area contributed by atoms with E-state index in [0.29, 0.717) is 12.1 Å². The van der Waals surface area contributed by atoms with Gasteiger partial charge in [-0.15, -0.1) is 0 Å². The molecule has 130 valence electrons. The van der Waals surface area contributed by atoms with Crippen molar-refractivity contribution in [1.29, 1.82) is 0 Å². The smallest absolute Gasteiger partial charge is 0.258 e. The quantitative estimate of drug-likeness (QED) is 0.911. The summed E-state index contributed by atoms with van der Waals surface area (Å²) in [6, 6.07) is 16.6. The van der Waals surface area contributed by atoms with Crippen molar-refractivity contribution in [2.24, 2.45) is 5.73 Å². The predicted octanol–water partition coefficient (Wildman–Crippen LogP) is 2.41. The van der Waals surface area contributed by atoms with Crippen LogP contribution in [0.4, 0.5) is 5.69 Å². The van der Waals surface area contributed by atoms with Crippen LogP contribution in [0.3, 0.4) is 0 Å². The third-order valence-electron chi connectivity index (χ3n) is 4.47. The lowest BCUT2D eigenvalue weighted by Crippen LogP contribution is -2.42. The topological polar surface area (TPSA) is 66.6 Å². The van der Waals surface area contributed by atoms with Crippen molar-refractivity contribution in [3.05, 3.63) is 65.7 Å². The first-order chi connectivity index (χ1) is 12.2. The molecule has 1 saturated heterocycles. The molecule has 2 amide bonds. The Balaban J connectivity index is 1.87. The number of anilines is 1. The molecule has 2 N–H and O–H groups in total. The highest BCUT2D eigenvalue weighted by atomic mass is 16.2. The van der Waals surface area contributed by atoms with E-state index < -0.39 is 0 Å². The van der Waals surface area contributed by atoms with Crippen LogP contribution in [0.15, 0.2) is 54.6 Å². The molecule has 5 heteroatoms. The molecule has 1 heterocycles. The highest BCUT2D eigenvalue weighted by molar-refractivity contribution is 6.08. The van der Waals surface area contributed by atoms with E-state index in [1.165, 1.54) is 0 Å². The van der Waals surface area contributed by atoms with Gasteiger partial charge in [0.15, 0.2) is 0 Å². The molecule has 3 rings (SSSR count). The summed E-state index contributed by atoms with van der Waals surface area (Å²) in [6.07, 6.45) is 2.06. The third-order valence-corrected chi connectivity index (χ3v) is 4.47. The van der Waals surface area contributed by atoms with E-state index >= 15 is 0 Å². The van der Waals surface area contributed by atoms with Crippen molar-refractivity contribution in [3.8, 4) is 0 Å². The van der Waals surface area contributed by atoms with Gasteiger partial charge in [0, 0.05) is 30.9 Å². The minimum atomic E-state index is -0.186. The first kappa shape index (κ1) is 17.2. The minimum absolute atomic E-state index is 0.00955. The molecule has 0 atom stereocenters. The first-order valence-corrected chi connectivity index (χ1v) is 8.63. The summed E-state index contributed by atoms with van der Waals surface area (Å²) in [5.41, 5.74) is 7.84. The van der Waals surface area contributed by atoms with E-state index in [0.717, 1.165) is 37.2 Å². The van der Waals surface area contributed by atoms with Crippen LogP contribution in [0.5, 0.6) is 0 Å². The summed E-state index contributed by atoms with van der Waals surface area (Å²) in [5, 5.41) is 0. The number of carbonyl (C=O) groups excluding carboxylic acids is 2. The van der Waals surface area contributed by atoms with E-state index in [1.54, 1.807) is 17.0 Å². The van der Waals surface area contributed by atoms with E-state index in [4.69, 9.17) is 5.73 Å². The van der Waals surface area contributed by atoms with Gasteiger partial charge in [-0.25, -0.2) is 0 Å². The Morgan fingerprint density at radius 3 is 2.40 bits per heavy atom. The molecule has 2 aromatic carbocycles. The second kappa shape index (κ2) is 7.94. The number of carbonyl (C=O) groups is 2. The standard InChI is InChI=1S/C20H23N3O2/c21-14-16-7-6-8-17(13-16)20(25)23(18-9-2-1-3-10-18)15-19(24)22-11-4-5-12-22/h1-3,6-10,13H,4-5,11-12,14-15,21H2. The molecule has 0 aliphatic carbocycles. The lowest BCUT2D eigenvalue weighted by Gasteiger charge is -2.25. The van der Waals surface area contributed by atoms with Gasteiger partial charge >= 0.3 is 0 Å². The van der Waals surface area contributed by atoms with Crippen LogP contribution >= 0.6 is 0 Å². The zero-order valence-electron chi connectivity index (χ0n) is 14.2. The number of hydrogen-bond donors (Lipinski definition) is 1. The summed E-state index contributed by atoms with van der Waals surface area (Å²) in [5.74, 6) is -0.196. The van der Waals surface area contributed by atoms with E-state index in [-0.39, 0.29) is 18.4 Å². The molecule has 2 aromatic rings. The molecule has 0 unspecified atom stereocenters. The van der Waals surface area contributed by atoms with Crippen LogP contribution in [0.2, 0.25) is 0 Å². The van der Waals surface area contributed by atoms with Crippen molar-refractivity contribution in [3.63, 3.8) is 0 Å². The molecule has 1 fully saturated rings. The van der Waals surface area contributed by atoms with Gasteiger partial charge in [-0.05, 0) is 42.7 Å². The Labute approximate surface area is 148 Å². The van der Waals surface area contributed by atoms with Crippen molar-refractivity contribution >= 4 is 17.5 Å².